The number of thiazole rings is 1. The predicted molar refractivity (Wildman–Crippen MR) is 66.5 cm³/mol. The van der Waals surface area contributed by atoms with Crippen LogP contribution in [0.4, 0.5) is 0 Å². The van der Waals surface area contributed by atoms with Crippen LogP contribution < -0.4 is 5.32 Å². The van der Waals surface area contributed by atoms with Crippen molar-refractivity contribution in [1.82, 2.24) is 15.3 Å². The predicted octanol–water partition coefficient (Wildman–Crippen LogP) is 2.63. The summed E-state index contributed by atoms with van der Waals surface area (Å²) in [6.07, 6.45) is 6.75. The van der Waals surface area contributed by atoms with Gasteiger partial charge in [0.2, 0.25) is 0 Å². The molecule has 3 nitrogen and oxygen atoms in total. The van der Waals surface area contributed by atoms with Crippen LogP contribution in [-0.2, 0) is 0 Å². The molecule has 0 saturated carbocycles. The summed E-state index contributed by atoms with van der Waals surface area (Å²) in [5.74, 6) is 0. The lowest BCUT2D eigenvalue weighted by molar-refractivity contribution is 0.603. The van der Waals surface area contributed by atoms with Crippen LogP contribution in [0.5, 0.6) is 0 Å². The van der Waals surface area contributed by atoms with Gasteiger partial charge in [-0.15, -0.1) is 11.3 Å². The van der Waals surface area contributed by atoms with E-state index in [1.165, 1.54) is 10.4 Å². The van der Waals surface area contributed by atoms with E-state index in [1.807, 2.05) is 24.0 Å². The van der Waals surface area contributed by atoms with E-state index < -0.39 is 0 Å². The summed E-state index contributed by atoms with van der Waals surface area (Å²) in [5.41, 5.74) is 3.06. The summed E-state index contributed by atoms with van der Waals surface area (Å²) < 4.78 is 0. The van der Waals surface area contributed by atoms with Gasteiger partial charge >= 0.3 is 0 Å². The van der Waals surface area contributed by atoms with E-state index in [-0.39, 0.29) is 6.04 Å². The Labute approximate surface area is 99.6 Å². The molecule has 0 radical (unpaired) electrons. The highest BCUT2D eigenvalue weighted by Crippen LogP contribution is 2.23. The van der Waals surface area contributed by atoms with Gasteiger partial charge in [-0.2, -0.15) is 0 Å². The largest absolute Gasteiger partial charge is 0.306 e. The van der Waals surface area contributed by atoms with Crippen molar-refractivity contribution in [2.45, 2.75) is 19.4 Å². The fourth-order valence-electron chi connectivity index (χ4n) is 1.59. The quantitative estimate of drug-likeness (QED) is 0.862. The second-order valence-electron chi connectivity index (χ2n) is 3.58. The van der Waals surface area contributed by atoms with Crippen LogP contribution in [0.3, 0.4) is 0 Å². The average Bonchev–Trinajstić information content (AvgIpc) is 2.85. The van der Waals surface area contributed by atoms with E-state index in [9.17, 15) is 0 Å². The maximum absolute atomic E-state index is 4.17. The molecule has 0 aromatic carbocycles. The third-order valence-electron chi connectivity index (χ3n) is 2.35. The second-order valence-corrected chi connectivity index (χ2v) is 4.50. The molecule has 0 saturated heterocycles. The molecule has 16 heavy (non-hydrogen) atoms. The number of nitrogens with one attached hydrogen (secondary N) is 1. The number of nitrogens with zero attached hydrogens (tertiary/aromatic N) is 2. The number of aromatic nitrogens is 2. The van der Waals surface area contributed by atoms with Crippen molar-refractivity contribution < 1.29 is 0 Å². The normalized spacial score (nSPS) is 12.6. The fourth-order valence-corrected chi connectivity index (χ4v) is 2.31. The monoisotopic (exact) mass is 233 g/mol. The maximum atomic E-state index is 4.17. The Hall–Kier alpha value is -1.26. The number of rotatable bonds is 5. The highest BCUT2D eigenvalue weighted by atomic mass is 32.1. The highest BCUT2D eigenvalue weighted by molar-refractivity contribution is 7.09. The molecule has 0 aliphatic heterocycles. The first-order valence-corrected chi connectivity index (χ1v) is 6.31. The molecule has 2 aromatic heterocycles. The molecule has 2 aromatic rings. The van der Waals surface area contributed by atoms with E-state index in [4.69, 9.17) is 0 Å². The lowest BCUT2D eigenvalue weighted by Crippen LogP contribution is -2.22. The van der Waals surface area contributed by atoms with Crippen molar-refractivity contribution in [1.29, 1.82) is 0 Å². The topological polar surface area (TPSA) is 37.8 Å². The smallest absolute Gasteiger partial charge is 0.0794 e. The lowest BCUT2D eigenvalue weighted by atomic mass is 10.1. The Bertz CT molecular complexity index is 399. The van der Waals surface area contributed by atoms with Crippen molar-refractivity contribution in [3.63, 3.8) is 0 Å². The number of pyridine rings is 1. The minimum Gasteiger partial charge on any atom is -0.306 e. The standard InChI is InChI=1S/C12H15N3S/c1-2-5-15-12(11-8-14-9-16-11)10-4-3-6-13-7-10/h3-4,6-9,12,15H,2,5H2,1H3. The van der Waals surface area contributed by atoms with Crippen LogP contribution in [0, 0.1) is 0 Å². The molecule has 0 fully saturated rings. The maximum Gasteiger partial charge on any atom is 0.0794 e. The molecule has 0 spiro atoms. The van der Waals surface area contributed by atoms with Crippen LogP contribution >= 0.6 is 11.3 Å². The van der Waals surface area contributed by atoms with E-state index in [0.717, 1.165) is 13.0 Å². The average molecular weight is 233 g/mol. The Balaban J connectivity index is 2.21. The first-order valence-electron chi connectivity index (χ1n) is 5.43. The van der Waals surface area contributed by atoms with E-state index in [1.54, 1.807) is 17.5 Å². The first-order chi connectivity index (χ1) is 7.92. The second kappa shape index (κ2) is 5.72. The van der Waals surface area contributed by atoms with Crippen molar-refractivity contribution in [2.75, 3.05) is 6.54 Å². The molecule has 0 bridgehead atoms. The Morgan fingerprint density at radius 1 is 1.38 bits per heavy atom. The summed E-state index contributed by atoms with van der Waals surface area (Å²) in [4.78, 5) is 9.54. The Morgan fingerprint density at radius 2 is 2.31 bits per heavy atom. The summed E-state index contributed by atoms with van der Waals surface area (Å²) in [6.45, 7) is 3.16. The zero-order valence-electron chi connectivity index (χ0n) is 9.26. The van der Waals surface area contributed by atoms with Crippen LogP contribution in [0.15, 0.2) is 36.2 Å². The minimum atomic E-state index is 0.223. The zero-order chi connectivity index (χ0) is 11.2. The van der Waals surface area contributed by atoms with E-state index >= 15 is 0 Å². The van der Waals surface area contributed by atoms with Gasteiger partial charge in [-0.1, -0.05) is 13.0 Å². The molecule has 2 heterocycles. The highest BCUT2D eigenvalue weighted by Gasteiger charge is 2.14. The summed E-state index contributed by atoms with van der Waals surface area (Å²) in [5, 5.41) is 3.52. The van der Waals surface area contributed by atoms with Crippen molar-refractivity contribution in [3.05, 3.63) is 46.7 Å². The van der Waals surface area contributed by atoms with Crippen LogP contribution in [0.1, 0.15) is 29.8 Å². The molecule has 1 atom stereocenters. The van der Waals surface area contributed by atoms with Gasteiger partial charge in [-0.3, -0.25) is 9.97 Å². The van der Waals surface area contributed by atoms with Crippen molar-refractivity contribution >= 4 is 11.3 Å². The van der Waals surface area contributed by atoms with Gasteiger partial charge in [0.15, 0.2) is 0 Å². The molecule has 0 aliphatic rings. The van der Waals surface area contributed by atoms with Crippen LogP contribution in [-0.4, -0.2) is 16.5 Å². The fraction of sp³-hybridized carbons (Fsp3) is 0.333. The molecule has 4 heteroatoms. The summed E-state index contributed by atoms with van der Waals surface area (Å²) in [7, 11) is 0. The molecule has 2 rings (SSSR count). The van der Waals surface area contributed by atoms with Crippen molar-refractivity contribution in [2.24, 2.45) is 0 Å². The molecule has 84 valence electrons. The van der Waals surface area contributed by atoms with Gasteiger partial charge in [0.05, 0.1) is 11.6 Å². The van der Waals surface area contributed by atoms with Gasteiger partial charge in [0.1, 0.15) is 0 Å². The first kappa shape index (κ1) is 11.2. The SMILES string of the molecule is CCCNC(c1cccnc1)c1cncs1. The van der Waals surface area contributed by atoms with Crippen LogP contribution in [0.25, 0.3) is 0 Å². The van der Waals surface area contributed by atoms with Gasteiger partial charge in [0.25, 0.3) is 0 Å². The van der Waals surface area contributed by atoms with Gasteiger partial charge < -0.3 is 5.32 Å². The molecule has 0 aliphatic carbocycles. The van der Waals surface area contributed by atoms with Crippen LogP contribution in [0.2, 0.25) is 0 Å². The van der Waals surface area contributed by atoms with Gasteiger partial charge in [-0.05, 0) is 24.6 Å². The molecule has 1 N–H and O–H groups in total. The van der Waals surface area contributed by atoms with E-state index in [2.05, 4.69) is 28.3 Å². The van der Waals surface area contributed by atoms with Gasteiger partial charge in [0, 0.05) is 23.5 Å². The Morgan fingerprint density at radius 3 is 2.94 bits per heavy atom. The third-order valence-corrected chi connectivity index (χ3v) is 3.19. The van der Waals surface area contributed by atoms with Gasteiger partial charge in [-0.25, -0.2) is 0 Å². The van der Waals surface area contributed by atoms with Crippen molar-refractivity contribution in [3.8, 4) is 0 Å². The number of hydrogen-bond acceptors (Lipinski definition) is 4. The third kappa shape index (κ3) is 2.65. The summed E-state index contributed by atoms with van der Waals surface area (Å²) >= 11 is 1.67. The number of hydrogen-bond donors (Lipinski definition) is 1. The lowest BCUT2D eigenvalue weighted by Gasteiger charge is -2.16. The zero-order valence-corrected chi connectivity index (χ0v) is 10.1. The molecule has 0 amide bonds. The molecular formula is C12H15N3S. The minimum absolute atomic E-state index is 0.223. The molecule has 1 unspecified atom stereocenters. The molecular weight excluding hydrogens is 218 g/mol. The Kier molecular flexibility index (Phi) is 4.02. The van der Waals surface area contributed by atoms with E-state index in [0.29, 0.717) is 0 Å². The summed E-state index contributed by atoms with van der Waals surface area (Å²) in [6, 6.07) is 4.29.